The lowest BCUT2D eigenvalue weighted by atomic mass is 9.75. The Labute approximate surface area is 111 Å². The summed E-state index contributed by atoms with van der Waals surface area (Å²) in [6, 6.07) is 9.20. The topological polar surface area (TPSA) is 21.3 Å². The minimum Gasteiger partial charge on any atom is -0.379 e. The fourth-order valence-corrected chi connectivity index (χ4v) is 2.57. The standard InChI is InChI=1S/C16H25NO/c1-4-13(2)14-5-7-15(8-6-14)16(9-10-17-3)11-18-12-16/h5-8,13,17H,4,9-12H2,1-3H3. The molecule has 0 spiro atoms. The summed E-state index contributed by atoms with van der Waals surface area (Å²) in [7, 11) is 2.01. The molecule has 0 radical (unpaired) electrons. The number of rotatable bonds is 6. The third-order valence-corrected chi connectivity index (χ3v) is 4.31. The van der Waals surface area contributed by atoms with E-state index in [-0.39, 0.29) is 5.41 Å². The molecule has 1 fully saturated rings. The molecule has 1 aromatic rings. The molecule has 2 heteroatoms. The van der Waals surface area contributed by atoms with Gasteiger partial charge in [-0.1, -0.05) is 38.1 Å². The van der Waals surface area contributed by atoms with Gasteiger partial charge in [0.25, 0.3) is 0 Å². The van der Waals surface area contributed by atoms with E-state index in [4.69, 9.17) is 4.74 Å². The molecule has 1 atom stereocenters. The molecule has 1 aliphatic rings. The third-order valence-electron chi connectivity index (χ3n) is 4.31. The molecule has 0 aromatic heterocycles. The lowest BCUT2D eigenvalue weighted by Crippen LogP contribution is -2.48. The second kappa shape index (κ2) is 5.85. The molecular weight excluding hydrogens is 222 g/mol. The smallest absolute Gasteiger partial charge is 0.0586 e. The molecule has 1 heterocycles. The fourth-order valence-electron chi connectivity index (χ4n) is 2.57. The molecule has 0 saturated carbocycles. The Bertz CT molecular complexity index is 367. The lowest BCUT2D eigenvalue weighted by molar-refractivity contribution is -0.0638. The first-order chi connectivity index (χ1) is 8.72. The Hall–Kier alpha value is -0.860. The molecule has 1 aliphatic heterocycles. The van der Waals surface area contributed by atoms with Crippen LogP contribution in [0.25, 0.3) is 0 Å². The van der Waals surface area contributed by atoms with Crippen molar-refractivity contribution in [1.82, 2.24) is 5.32 Å². The van der Waals surface area contributed by atoms with Gasteiger partial charge in [0, 0.05) is 5.41 Å². The van der Waals surface area contributed by atoms with E-state index in [0.717, 1.165) is 26.2 Å². The van der Waals surface area contributed by atoms with Gasteiger partial charge >= 0.3 is 0 Å². The van der Waals surface area contributed by atoms with Crippen molar-refractivity contribution in [3.63, 3.8) is 0 Å². The minimum atomic E-state index is 0.261. The molecular formula is C16H25NO. The van der Waals surface area contributed by atoms with Crippen LogP contribution in [0.1, 0.15) is 43.7 Å². The zero-order valence-electron chi connectivity index (χ0n) is 11.8. The predicted octanol–water partition coefficient (Wildman–Crippen LogP) is 3.08. The zero-order chi connectivity index (χ0) is 13.0. The van der Waals surface area contributed by atoms with Gasteiger partial charge in [-0.2, -0.15) is 0 Å². The lowest BCUT2D eigenvalue weighted by Gasteiger charge is -2.42. The van der Waals surface area contributed by atoms with Gasteiger partial charge in [-0.15, -0.1) is 0 Å². The van der Waals surface area contributed by atoms with Gasteiger partial charge in [-0.05, 0) is 43.5 Å². The highest BCUT2D eigenvalue weighted by molar-refractivity contribution is 5.32. The number of nitrogens with one attached hydrogen (secondary N) is 1. The van der Waals surface area contributed by atoms with Crippen molar-refractivity contribution in [1.29, 1.82) is 0 Å². The molecule has 2 rings (SSSR count). The predicted molar refractivity (Wildman–Crippen MR) is 76.2 cm³/mol. The fraction of sp³-hybridized carbons (Fsp3) is 0.625. The summed E-state index contributed by atoms with van der Waals surface area (Å²) in [5, 5.41) is 3.24. The maximum absolute atomic E-state index is 5.46. The summed E-state index contributed by atoms with van der Waals surface area (Å²) >= 11 is 0. The van der Waals surface area contributed by atoms with Gasteiger partial charge in [-0.3, -0.25) is 0 Å². The maximum atomic E-state index is 5.46. The monoisotopic (exact) mass is 247 g/mol. The molecule has 1 N–H and O–H groups in total. The summed E-state index contributed by atoms with van der Waals surface area (Å²) in [6.45, 7) is 7.33. The molecule has 0 amide bonds. The van der Waals surface area contributed by atoms with Crippen LogP contribution in [0.4, 0.5) is 0 Å². The number of hydrogen-bond donors (Lipinski definition) is 1. The van der Waals surface area contributed by atoms with Gasteiger partial charge in [-0.25, -0.2) is 0 Å². The van der Waals surface area contributed by atoms with E-state index in [1.165, 1.54) is 17.5 Å². The quantitative estimate of drug-likeness (QED) is 0.834. The van der Waals surface area contributed by atoms with Crippen molar-refractivity contribution in [3.8, 4) is 0 Å². The van der Waals surface area contributed by atoms with Crippen molar-refractivity contribution in [2.45, 2.75) is 38.0 Å². The van der Waals surface area contributed by atoms with E-state index in [0.29, 0.717) is 5.92 Å². The number of hydrogen-bond acceptors (Lipinski definition) is 2. The second-order valence-corrected chi connectivity index (χ2v) is 5.56. The van der Waals surface area contributed by atoms with Crippen LogP contribution < -0.4 is 5.32 Å². The van der Waals surface area contributed by atoms with Crippen LogP contribution in [0.2, 0.25) is 0 Å². The highest BCUT2D eigenvalue weighted by atomic mass is 16.5. The average Bonchev–Trinajstić information content (AvgIpc) is 2.37. The Balaban J connectivity index is 2.12. The number of ether oxygens (including phenoxy) is 1. The van der Waals surface area contributed by atoms with Crippen LogP contribution in [-0.2, 0) is 10.2 Å². The molecule has 1 saturated heterocycles. The molecule has 1 unspecified atom stereocenters. The minimum absolute atomic E-state index is 0.261. The van der Waals surface area contributed by atoms with Crippen LogP contribution in [0.5, 0.6) is 0 Å². The summed E-state index contributed by atoms with van der Waals surface area (Å²) in [6.07, 6.45) is 2.36. The van der Waals surface area contributed by atoms with Crippen LogP contribution in [-0.4, -0.2) is 26.8 Å². The average molecular weight is 247 g/mol. The van der Waals surface area contributed by atoms with E-state index < -0.39 is 0 Å². The maximum Gasteiger partial charge on any atom is 0.0586 e. The van der Waals surface area contributed by atoms with Gasteiger partial charge in [0.15, 0.2) is 0 Å². The molecule has 0 bridgehead atoms. The van der Waals surface area contributed by atoms with E-state index in [1.807, 2.05) is 7.05 Å². The first-order valence-electron chi connectivity index (χ1n) is 7.04. The first-order valence-corrected chi connectivity index (χ1v) is 7.04. The normalized spacial score (nSPS) is 19.3. The largest absolute Gasteiger partial charge is 0.379 e. The number of benzene rings is 1. The molecule has 1 aromatic carbocycles. The first kappa shape index (κ1) is 13.6. The molecule has 0 aliphatic carbocycles. The van der Waals surface area contributed by atoms with Crippen molar-refractivity contribution < 1.29 is 4.74 Å². The highest BCUT2D eigenvalue weighted by Crippen LogP contribution is 2.36. The van der Waals surface area contributed by atoms with Crippen molar-refractivity contribution in [2.24, 2.45) is 0 Å². The summed E-state index contributed by atoms with van der Waals surface area (Å²) in [5.41, 5.74) is 3.15. The van der Waals surface area contributed by atoms with E-state index in [2.05, 4.69) is 43.4 Å². The molecule has 2 nitrogen and oxygen atoms in total. The van der Waals surface area contributed by atoms with Gasteiger partial charge < -0.3 is 10.1 Å². The van der Waals surface area contributed by atoms with Crippen molar-refractivity contribution in [3.05, 3.63) is 35.4 Å². The van der Waals surface area contributed by atoms with Crippen LogP contribution >= 0.6 is 0 Å². The summed E-state index contributed by atoms with van der Waals surface area (Å²) in [4.78, 5) is 0. The highest BCUT2D eigenvalue weighted by Gasteiger charge is 2.39. The van der Waals surface area contributed by atoms with Gasteiger partial charge in [0.05, 0.1) is 13.2 Å². The van der Waals surface area contributed by atoms with E-state index in [1.54, 1.807) is 0 Å². The van der Waals surface area contributed by atoms with Gasteiger partial charge in [0.1, 0.15) is 0 Å². The Kier molecular flexibility index (Phi) is 4.41. The van der Waals surface area contributed by atoms with Crippen LogP contribution in [0, 0.1) is 0 Å². The van der Waals surface area contributed by atoms with Crippen LogP contribution in [0.15, 0.2) is 24.3 Å². The van der Waals surface area contributed by atoms with Crippen molar-refractivity contribution in [2.75, 3.05) is 26.8 Å². The van der Waals surface area contributed by atoms with Crippen LogP contribution in [0.3, 0.4) is 0 Å². The Morgan fingerprint density at radius 2 is 1.94 bits per heavy atom. The third kappa shape index (κ3) is 2.60. The zero-order valence-corrected chi connectivity index (χ0v) is 11.8. The van der Waals surface area contributed by atoms with Crippen molar-refractivity contribution >= 4 is 0 Å². The van der Waals surface area contributed by atoms with Gasteiger partial charge in [0.2, 0.25) is 0 Å². The Morgan fingerprint density at radius 1 is 1.28 bits per heavy atom. The molecule has 100 valence electrons. The van der Waals surface area contributed by atoms with E-state index in [9.17, 15) is 0 Å². The Morgan fingerprint density at radius 3 is 2.39 bits per heavy atom. The molecule has 18 heavy (non-hydrogen) atoms. The second-order valence-electron chi connectivity index (χ2n) is 5.56. The SMILES string of the molecule is CCC(C)c1ccc(C2(CCNC)COC2)cc1. The summed E-state index contributed by atoms with van der Waals surface area (Å²) in [5.74, 6) is 0.657. The van der Waals surface area contributed by atoms with E-state index >= 15 is 0 Å². The summed E-state index contributed by atoms with van der Waals surface area (Å²) < 4.78 is 5.46.